The van der Waals surface area contributed by atoms with Gasteiger partial charge in [0.15, 0.2) is 0 Å². The monoisotopic (exact) mass is 743 g/mol. The van der Waals surface area contributed by atoms with Gasteiger partial charge in [-0.05, 0) is 22.7 Å². The lowest BCUT2D eigenvalue weighted by molar-refractivity contribution is 0.355. The van der Waals surface area contributed by atoms with Gasteiger partial charge in [-0.3, -0.25) is 0 Å². The molecule has 1 heteroatoms. The van der Waals surface area contributed by atoms with Crippen LogP contribution in [0.4, 0.5) is 0 Å². The summed E-state index contributed by atoms with van der Waals surface area (Å²) >= 11 is 2.54. The van der Waals surface area contributed by atoms with Gasteiger partial charge in [-0.2, -0.15) is 0 Å². The van der Waals surface area contributed by atoms with Crippen LogP contribution in [0.2, 0.25) is 0 Å². The van der Waals surface area contributed by atoms with Gasteiger partial charge in [-0.1, -0.05) is 280 Å². The Hall–Kier alpha value is 0.730. The standard InChI is InChI=1S/C44H87I/c1-2-3-4-5-22-29-36-43-37-30-23-17-15-13-11-9-7-6-8-10-12-14-16-18-24-31-38-44(41-34-27-21-26-33-40-43)39-32-25-19-20-28-35-42-45/h43-44H,2-42H2,1H3. The molecule has 1 aliphatic rings. The van der Waals surface area contributed by atoms with Crippen molar-refractivity contribution in [3.8, 4) is 0 Å². The maximum atomic E-state index is 2.54. The molecule has 0 N–H and O–H groups in total. The van der Waals surface area contributed by atoms with Crippen LogP contribution in [-0.2, 0) is 0 Å². The first-order valence-electron chi connectivity index (χ1n) is 21.9. The summed E-state index contributed by atoms with van der Waals surface area (Å²) in [4.78, 5) is 0. The largest absolute Gasteiger partial charge is 0.0864 e. The molecule has 0 aliphatic heterocycles. The fourth-order valence-electron chi connectivity index (χ4n) is 8.23. The predicted molar refractivity (Wildman–Crippen MR) is 216 cm³/mol. The van der Waals surface area contributed by atoms with E-state index in [9.17, 15) is 0 Å². The summed E-state index contributed by atoms with van der Waals surface area (Å²) in [6.45, 7) is 2.34. The molecule has 1 rings (SSSR count). The molecular formula is C44H87I. The van der Waals surface area contributed by atoms with Crippen molar-refractivity contribution in [3.05, 3.63) is 0 Å². The van der Waals surface area contributed by atoms with E-state index in [1.807, 2.05) is 0 Å². The van der Waals surface area contributed by atoms with Crippen LogP contribution in [-0.4, -0.2) is 4.43 Å². The van der Waals surface area contributed by atoms with Crippen molar-refractivity contribution in [1.29, 1.82) is 0 Å². The van der Waals surface area contributed by atoms with E-state index in [-0.39, 0.29) is 0 Å². The molecule has 2 unspecified atom stereocenters. The number of rotatable bonds is 15. The van der Waals surface area contributed by atoms with Gasteiger partial charge >= 0.3 is 0 Å². The first-order valence-corrected chi connectivity index (χ1v) is 23.4. The Bertz CT molecular complexity index is 529. The lowest BCUT2D eigenvalue weighted by Gasteiger charge is -2.18. The molecule has 0 radical (unpaired) electrons. The van der Waals surface area contributed by atoms with Crippen molar-refractivity contribution >= 4 is 22.6 Å². The van der Waals surface area contributed by atoms with Gasteiger partial charge in [0.25, 0.3) is 0 Å². The molecule has 0 aromatic carbocycles. The first-order chi connectivity index (χ1) is 22.4. The highest BCUT2D eigenvalue weighted by molar-refractivity contribution is 14.1. The first kappa shape index (κ1) is 43.8. The van der Waals surface area contributed by atoms with Crippen LogP contribution in [0.15, 0.2) is 0 Å². The van der Waals surface area contributed by atoms with Gasteiger partial charge in [0, 0.05) is 0 Å². The van der Waals surface area contributed by atoms with E-state index in [1.54, 1.807) is 0 Å². The summed E-state index contributed by atoms with van der Waals surface area (Å²) < 4.78 is 1.35. The third-order valence-electron chi connectivity index (χ3n) is 11.4. The molecule has 0 nitrogen and oxygen atoms in total. The second-order valence-corrected chi connectivity index (χ2v) is 16.9. The second kappa shape index (κ2) is 37.5. The second-order valence-electron chi connectivity index (χ2n) is 15.8. The summed E-state index contributed by atoms with van der Waals surface area (Å²) in [5.74, 6) is 2.07. The average Bonchev–Trinajstić information content (AvgIpc) is 3.05. The van der Waals surface area contributed by atoms with Crippen molar-refractivity contribution in [2.45, 2.75) is 264 Å². The molecule has 0 amide bonds. The highest BCUT2D eigenvalue weighted by atomic mass is 127. The third kappa shape index (κ3) is 33.0. The Kier molecular flexibility index (Phi) is 36.5. The van der Waals surface area contributed by atoms with Gasteiger partial charge in [-0.25, -0.2) is 0 Å². The SMILES string of the molecule is CCCCCCCCC1CCCCCCCCCCCCCCCCCCCC(CCCCCCCCI)CCCCCCC1. The smallest absolute Gasteiger partial charge is 0.000473 e. The Morgan fingerprint density at radius 1 is 0.311 bits per heavy atom. The zero-order valence-corrected chi connectivity index (χ0v) is 33.7. The van der Waals surface area contributed by atoms with Crippen molar-refractivity contribution in [1.82, 2.24) is 0 Å². The van der Waals surface area contributed by atoms with E-state index in [0.29, 0.717) is 0 Å². The van der Waals surface area contributed by atoms with Crippen molar-refractivity contribution < 1.29 is 0 Å². The molecule has 0 bridgehead atoms. The summed E-state index contributed by atoms with van der Waals surface area (Å²) in [7, 11) is 0. The van der Waals surface area contributed by atoms with Gasteiger partial charge in [0.05, 0.1) is 0 Å². The van der Waals surface area contributed by atoms with Crippen LogP contribution in [0.5, 0.6) is 0 Å². The molecule has 0 aromatic heterocycles. The van der Waals surface area contributed by atoms with E-state index in [0.717, 1.165) is 11.8 Å². The normalized spacial score (nSPS) is 22.8. The Balaban J connectivity index is 2.43. The van der Waals surface area contributed by atoms with Gasteiger partial charge < -0.3 is 0 Å². The van der Waals surface area contributed by atoms with Crippen LogP contribution < -0.4 is 0 Å². The summed E-state index contributed by atoms with van der Waals surface area (Å²) in [5.41, 5.74) is 0. The van der Waals surface area contributed by atoms with Gasteiger partial charge in [0.2, 0.25) is 0 Å². The lowest BCUT2D eigenvalue weighted by atomic mass is 9.88. The molecule has 1 saturated carbocycles. The number of hydrogen-bond acceptors (Lipinski definition) is 0. The highest BCUT2D eigenvalue weighted by Gasteiger charge is 2.11. The summed E-state index contributed by atoms with van der Waals surface area (Å²) in [5, 5.41) is 0. The van der Waals surface area contributed by atoms with Crippen molar-refractivity contribution in [3.63, 3.8) is 0 Å². The van der Waals surface area contributed by atoms with Crippen molar-refractivity contribution in [2.75, 3.05) is 4.43 Å². The maximum Gasteiger partial charge on any atom is -0.000473 e. The predicted octanol–water partition coefficient (Wildman–Crippen LogP) is 17.3. The van der Waals surface area contributed by atoms with Crippen LogP contribution in [0.3, 0.4) is 0 Å². The lowest BCUT2D eigenvalue weighted by Crippen LogP contribution is -2.02. The molecule has 0 heterocycles. The third-order valence-corrected chi connectivity index (χ3v) is 12.2. The van der Waals surface area contributed by atoms with Gasteiger partial charge in [-0.15, -0.1) is 0 Å². The van der Waals surface area contributed by atoms with Crippen LogP contribution >= 0.6 is 22.6 Å². The minimum absolute atomic E-state index is 1.04. The molecule has 1 aliphatic carbocycles. The summed E-state index contributed by atoms with van der Waals surface area (Å²) in [6.07, 6.45) is 60.0. The quantitative estimate of drug-likeness (QED) is 0.0890. The van der Waals surface area contributed by atoms with Gasteiger partial charge in [0.1, 0.15) is 0 Å². The summed E-state index contributed by atoms with van der Waals surface area (Å²) in [6, 6.07) is 0. The zero-order chi connectivity index (χ0) is 32.1. The maximum absolute atomic E-state index is 2.54. The van der Waals surface area contributed by atoms with E-state index < -0.39 is 0 Å². The number of alkyl halides is 1. The Labute approximate surface area is 301 Å². The highest BCUT2D eigenvalue weighted by Crippen LogP contribution is 2.27. The minimum Gasteiger partial charge on any atom is -0.0864 e. The van der Waals surface area contributed by atoms with E-state index in [2.05, 4.69) is 29.5 Å². The van der Waals surface area contributed by atoms with E-state index in [4.69, 9.17) is 0 Å². The van der Waals surface area contributed by atoms with Crippen LogP contribution in [0.25, 0.3) is 0 Å². The van der Waals surface area contributed by atoms with Crippen LogP contribution in [0, 0.1) is 11.8 Å². The molecule has 0 saturated heterocycles. The Morgan fingerprint density at radius 2 is 0.556 bits per heavy atom. The molecule has 0 spiro atoms. The number of unbranched alkanes of at least 4 members (excludes halogenated alkanes) is 10. The fourth-order valence-corrected chi connectivity index (χ4v) is 8.77. The number of hydrogen-bond donors (Lipinski definition) is 0. The topological polar surface area (TPSA) is 0 Å². The Morgan fingerprint density at radius 3 is 0.844 bits per heavy atom. The van der Waals surface area contributed by atoms with Crippen LogP contribution in [0.1, 0.15) is 264 Å². The van der Waals surface area contributed by atoms with Crippen molar-refractivity contribution in [2.24, 2.45) is 11.8 Å². The molecule has 1 fully saturated rings. The molecule has 2 atom stereocenters. The average molecular weight is 743 g/mol. The molecule has 270 valence electrons. The molecule has 0 aromatic rings. The fraction of sp³-hybridized carbons (Fsp3) is 1.00. The number of halogens is 1. The van der Waals surface area contributed by atoms with E-state index in [1.165, 1.54) is 261 Å². The molecule has 45 heavy (non-hydrogen) atoms. The minimum atomic E-state index is 1.04. The molecular weight excluding hydrogens is 655 g/mol. The van der Waals surface area contributed by atoms with E-state index >= 15 is 0 Å². The zero-order valence-electron chi connectivity index (χ0n) is 31.5.